The van der Waals surface area contributed by atoms with E-state index >= 15 is 0 Å². The number of benzene rings is 1. The standard InChI is InChI=1S/C10H12N2O4S/c11-10(13)6-1-4-9(17(12,14)15)8(5-6)16-7-2-3-7/h1,4-5,7H,2-3H2,(H2,11,13)(H2,12,14,15). The van der Waals surface area contributed by atoms with E-state index in [1.807, 2.05) is 0 Å². The van der Waals surface area contributed by atoms with Crippen LogP contribution in [0.25, 0.3) is 0 Å². The minimum Gasteiger partial charge on any atom is -0.489 e. The molecule has 0 atom stereocenters. The number of sulfonamides is 1. The quantitative estimate of drug-likeness (QED) is 0.787. The van der Waals surface area contributed by atoms with E-state index in [2.05, 4.69) is 0 Å². The van der Waals surface area contributed by atoms with Crippen molar-refractivity contribution in [1.82, 2.24) is 0 Å². The summed E-state index contributed by atoms with van der Waals surface area (Å²) < 4.78 is 28.0. The summed E-state index contributed by atoms with van der Waals surface area (Å²) in [4.78, 5) is 10.9. The van der Waals surface area contributed by atoms with E-state index in [4.69, 9.17) is 15.6 Å². The summed E-state index contributed by atoms with van der Waals surface area (Å²) in [7, 11) is -3.87. The molecule has 1 amide bonds. The lowest BCUT2D eigenvalue weighted by molar-refractivity contribution is 0.0999. The van der Waals surface area contributed by atoms with Crippen molar-refractivity contribution in [1.29, 1.82) is 0 Å². The summed E-state index contributed by atoms with van der Waals surface area (Å²) in [6, 6.07) is 3.84. The Morgan fingerprint density at radius 2 is 2.00 bits per heavy atom. The van der Waals surface area contributed by atoms with Crippen molar-refractivity contribution >= 4 is 15.9 Å². The molecule has 92 valence electrons. The monoisotopic (exact) mass is 256 g/mol. The van der Waals surface area contributed by atoms with Gasteiger partial charge in [0.25, 0.3) is 0 Å². The van der Waals surface area contributed by atoms with Gasteiger partial charge in [0, 0.05) is 5.56 Å². The van der Waals surface area contributed by atoms with Crippen LogP contribution < -0.4 is 15.6 Å². The first-order valence-corrected chi connectivity index (χ1v) is 6.56. The maximum Gasteiger partial charge on any atom is 0.248 e. The Labute approximate surface area is 98.6 Å². The van der Waals surface area contributed by atoms with Gasteiger partial charge in [0.15, 0.2) is 0 Å². The second-order valence-electron chi connectivity index (χ2n) is 3.89. The largest absolute Gasteiger partial charge is 0.489 e. The molecular formula is C10H12N2O4S. The Hall–Kier alpha value is -1.60. The van der Waals surface area contributed by atoms with Crippen LogP contribution in [-0.4, -0.2) is 20.4 Å². The highest BCUT2D eigenvalue weighted by Gasteiger charge is 2.27. The first kappa shape index (κ1) is 11.9. The number of primary amides is 1. The Morgan fingerprint density at radius 3 is 2.47 bits per heavy atom. The molecule has 1 aromatic rings. The molecule has 0 aliphatic heterocycles. The van der Waals surface area contributed by atoms with Gasteiger partial charge >= 0.3 is 0 Å². The summed E-state index contributed by atoms with van der Waals surface area (Å²) in [5.74, 6) is -0.557. The molecule has 1 aliphatic carbocycles. The minimum atomic E-state index is -3.87. The summed E-state index contributed by atoms with van der Waals surface area (Å²) in [5, 5.41) is 5.06. The summed E-state index contributed by atoms with van der Waals surface area (Å²) in [6.07, 6.45) is 1.73. The maximum atomic E-state index is 11.3. The molecule has 2 rings (SSSR count). The molecule has 1 saturated carbocycles. The van der Waals surface area contributed by atoms with E-state index in [0.29, 0.717) is 0 Å². The normalized spacial score (nSPS) is 15.6. The zero-order chi connectivity index (χ0) is 12.6. The van der Waals surface area contributed by atoms with Gasteiger partial charge in [-0.05, 0) is 31.0 Å². The summed E-state index contributed by atoms with van der Waals surface area (Å²) >= 11 is 0. The third kappa shape index (κ3) is 2.75. The van der Waals surface area contributed by atoms with Gasteiger partial charge < -0.3 is 10.5 Å². The average molecular weight is 256 g/mol. The maximum absolute atomic E-state index is 11.3. The van der Waals surface area contributed by atoms with Gasteiger partial charge in [-0.2, -0.15) is 0 Å². The van der Waals surface area contributed by atoms with Gasteiger partial charge in [-0.25, -0.2) is 13.6 Å². The van der Waals surface area contributed by atoms with Crippen LogP contribution in [0.5, 0.6) is 5.75 Å². The molecule has 17 heavy (non-hydrogen) atoms. The number of nitrogens with two attached hydrogens (primary N) is 2. The molecule has 0 heterocycles. The van der Waals surface area contributed by atoms with Crippen LogP contribution in [-0.2, 0) is 10.0 Å². The number of hydrogen-bond acceptors (Lipinski definition) is 4. The Bertz CT molecular complexity index is 564. The number of primary sulfonamides is 1. The van der Waals surface area contributed by atoms with E-state index in [1.165, 1.54) is 18.2 Å². The first-order valence-electron chi connectivity index (χ1n) is 5.01. The van der Waals surface area contributed by atoms with Crippen LogP contribution in [0.4, 0.5) is 0 Å². The van der Waals surface area contributed by atoms with Crippen LogP contribution in [0.1, 0.15) is 23.2 Å². The molecule has 4 N–H and O–H groups in total. The molecule has 0 saturated heterocycles. The van der Waals surface area contributed by atoms with Crippen LogP contribution in [0.3, 0.4) is 0 Å². The van der Waals surface area contributed by atoms with E-state index in [-0.39, 0.29) is 22.3 Å². The Kier molecular flexibility index (Phi) is 2.80. The smallest absolute Gasteiger partial charge is 0.248 e. The highest BCUT2D eigenvalue weighted by molar-refractivity contribution is 7.89. The third-order valence-electron chi connectivity index (χ3n) is 2.35. The number of ether oxygens (including phenoxy) is 1. The fraction of sp³-hybridized carbons (Fsp3) is 0.300. The minimum absolute atomic E-state index is 0.00127. The molecular weight excluding hydrogens is 244 g/mol. The van der Waals surface area contributed by atoms with E-state index in [1.54, 1.807) is 0 Å². The van der Waals surface area contributed by atoms with Crippen LogP contribution in [0.15, 0.2) is 23.1 Å². The van der Waals surface area contributed by atoms with Crippen molar-refractivity contribution in [3.63, 3.8) is 0 Å². The zero-order valence-electron chi connectivity index (χ0n) is 8.92. The zero-order valence-corrected chi connectivity index (χ0v) is 9.74. The first-order chi connectivity index (χ1) is 7.88. The number of amides is 1. The van der Waals surface area contributed by atoms with Crippen molar-refractivity contribution in [2.45, 2.75) is 23.8 Å². The molecule has 0 bridgehead atoms. The van der Waals surface area contributed by atoms with E-state index in [9.17, 15) is 13.2 Å². The van der Waals surface area contributed by atoms with Gasteiger partial charge in [-0.15, -0.1) is 0 Å². The highest BCUT2D eigenvalue weighted by Crippen LogP contribution is 2.31. The van der Waals surface area contributed by atoms with Crippen molar-refractivity contribution < 1.29 is 17.9 Å². The molecule has 0 unspecified atom stereocenters. The van der Waals surface area contributed by atoms with Gasteiger partial charge in [-0.1, -0.05) is 0 Å². The molecule has 0 radical (unpaired) electrons. The lowest BCUT2D eigenvalue weighted by Crippen LogP contribution is -2.16. The molecule has 1 fully saturated rings. The van der Waals surface area contributed by atoms with Gasteiger partial charge in [0.2, 0.25) is 15.9 Å². The molecule has 0 aromatic heterocycles. The topological polar surface area (TPSA) is 112 Å². The van der Waals surface area contributed by atoms with E-state index < -0.39 is 15.9 Å². The molecule has 1 aromatic carbocycles. The summed E-state index contributed by atoms with van der Waals surface area (Å²) in [5.41, 5.74) is 5.30. The number of carbonyl (C=O) groups excluding carboxylic acids is 1. The lowest BCUT2D eigenvalue weighted by Gasteiger charge is -2.10. The van der Waals surface area contributed by atoms with Crippen molar-refractivity contribution in [3.8, 4) is 5.75 Å². The number of hydrogen-bond donors (Lipinski definition) is 2. The SMILES string of the molecule is NC(=O)c1ccc(S(N)(=O)=O)c(OC2CC2)c1. The van der Waals surface area contributed by atoms with Gasteiger partial charge in [-0.3, -0.25) is 4.79 Å². The number of rotatable bonds is 4. The van der Waals surface area contributed by atoms with Crippen LogP contribution >= 0.6 is 0 Å². The van der Waals surface area contributed by atoms with Crippen molar-refractivity contribution in [2.24, 2.45) is 10.9 Å². The van der Waals surface area contributed by atoms with Gasteiger partial charge in [0.1, 0.15) is 10.6 Å². The summed E-state index contributed by atoms with van der Waals surface area (Å²) in [6.45, 7) is 0. The van der Waals surface area contributed by atoms with E-state index in [0.717, 1.165) is 12.8 Å². The Morgan fingerprint density at radius 1 is 1.35 bits per heavy atom. The predicted molar refractivity (Wildman–Crippen MR) is 60.0 cm³/mol. The van der Waals surface area contributed by atoms with Crippen LogP contribution in [0.2, 0.25) is 0 Å². The lowest BCUT2D eigenvalue weighted by atomic mass is 10.2. The third-order valence-corrected chi connectivity index (χ3v) is 3.30. The van der Waals surface area contributed by atoms with Crippen LogP contribution in [0, 0.1) is 0 Å². The second kappa shape index (κ2) is 4.01. The fourth-order valence-corrected chi connectivity index (χ4v) is 2.00. The second-order valence-corrected chi connectivity index (χ2v) is 5.42. The van der Waals surface area contributed by atoms with Gasteiger partial charge in [0.05, 0.1) is 6.10 Å². The van der Waals surface area contributed by atoms with Crippen molar-refractivity contribution in [2.75, 3.05) is 0 Å². The molecule has 7 heteroatoms. The molecule has 1 aliphatic rings. The van der Waals surface area contributed by atoms with Crippen molar-refractivity contribution in [3.05, 3.63) is 23.8 Å². The highest BCUT2D eigenvalue weighted by atomic mass is 32.2. The fourth-order valence-electron chi connectivity index (χ4n) is 1.35. The Balaban J connectivity index is 2.47. The number of carbonyl (C=O) groups is 1. The predicted octanol–water partition coefficient (Wildman–Crippen LogP) is -0.0259. The molecule has 0 spiro atoms. The average Bonchev–Trinajstić information content (AvgIpc) is 2.99. The molecule has 6 nitrogen and oxygen atoms in total.